The second kappa shape index (κ2) is 4.95. The number of hydrogen-bond donors (Lipinski definition) is 1. The number of nitrogens with two attached hydrogens (primary N) is 1. The first kappa shape index (κ1) is 11.0. The number of carbonyl (C=O) groups is 2. The molecule has 80 valence electrons. The van der Waals surface area contributed by atoms with Crippen LogP contribution in [0.2, 0.25) is 0 Å². The zero-order chi connectivity index (χ0) is 10.6. The molecule has 0 bridgehead atoms. The molecule has 0 spiro atoms. The standard InChI is InChI=1S/C9H17N3O2/c1-2-11-6-7-12(5-3-4-10)9(14)8(11)13/h2-7,10H2,1H3. The summed E-state index contributed by atoms with van der Waals surface area (Å²) in [5.74, 6) is -0.762. The molecule has 0 aromatic heterocycles. The smallest absolute Gasteiger partial charge is 0.312 e. The third-order valence-electron chi connectivity index (χ3n) is 2.41. The molecular formula is C9H17N3O2. The third kappa shape index (κ3) is 2.23. The van der Waals surface area contributed by atoms with Crippen LogP contribution >= 0.6 is 0 Å². The minimum absolute atomic E-state index is 0.379. The lowest BCUT2D eigenvalue weighted by Crippen LogP contribution is -2.54. The van der Waals surface area contributed by atoms with Gasteiger partial charge in [0.05, 0.1) is 0 Å². The van der Waals surface area contributed by atoms with Crippen LogP contribution in [0.4, 0.5) is 0 Å². The van der Waals surface area contributed by atoms with Crippen molar-refractivity contribution in [1.29, 1.82) is 0 Å². The topological polar surface area (TPSA) is 66.6 Å². The molecule has 1 heterocycles. The summed E-state index contributed by atoms with van der Waals surface area (Å²) in [5, 5.41) is 0. The van der Waals surface area contributed by atoms with Crippen LogP contribution in [-0.4, -0.2) is 54.3 Å². The number of nitrogens with zero attached hydrogens (tertiary/aromatic N) is 2. The van der Waals surface area contributed by atoms with Gasteiger partial charge < -0.3 is 15.5 Å². The number of rotatable bonds is 4. The van der Waals surface area contributed by atoms with Gasteiger partial charge in [-0.2, -0.15) is 0 Å². The Balaban J connectivity index is 2.51. The quantitative estimate of drug-likeness (QED) is 0.592. The van der Waals surface area contributed by atoms with Gasteiger partial charge in [-0.15, -0.1) is 0 Å². The summed E-state index contributed by atoms with van der Waals surface area (Å²) in [5.41, 5.74) is 5.35. The fourth-order valence-corrected chi connectivity index (χ4v) is 1.51. The molecule has 0 unspecified atom stereocenters. The third-order valence-corrected chi connectivity index (χ3v) is 2.41. The van der Waals surface area contributed by atoms with E-state index in [0.29, 0.717) is 32.7 Å². The average molecular weight is 199 g/mol. The van der Waals surface area contributed by atoms with E-state index in [1.54, 1.807) is 9.80 Å². The Bertz CT molecular complexity index is 230. The Kier molecular flexibility index (Phi) is 3.88. The van der Waals surface area contributed by atoms with Crippen LogP contribution in [-0.2, 0) is 9.59 Å². The van der Waals surface area contributed by atoms with Gasteiger partial charge in [0.1, 0.15) is 0 Å². The molecule has 1 aliphatic rings. The number of likely N-dealkylation sites (N-methyl/N-ethyl adjacent to an activating group) is 1. The minimum atomic E-state index is -0.383. The number of amides is 2. The molecule has 0 atom stereocenters. The Hall–Kier alpha value is -1.10. The van der Waals surface area contributed by atoms with Crippen molar-refractivity contribution < 1.29 is 9.59 Å². The first-order valence-corrected chi connectivity index (χ1v) is 4.99. The van der Waals surface area contributed by atoms with Crippen LogP contribution in [0.5, 0.6) is 0 Å². The molecule has 5 heteroatoms. The molecule has 2 N–H and O–H groups in total. The number of piperazine rings is 1. The van der Waals surface area contributed by atoms with Crippen molar-refractivity contribution >= 4 is 11.8 Å². The summed E-state index contributed by atoms with van der Waals surface area (Å²) < 4.78 is 0. The highest BCUT2D eigenvalue weighted by atomic mass is 16.2. The zero-order valence-electron chi connectivity index (χ0n) is 8.53. The predicted molar refractivity (Wildman–Crippen MR) is 52.5 cm³/mol. The maximum Gasteiger partial charge on any atom is 0.312 e. The molecular weight excluding hydrogens is 182 g/mol. The van der Waals surface area contributed by atoms with Crippen LogP contribution < -0.4 is 5.73 Å². The van der Waals surface area contributed by atoms with Gasteiger partial charge in [-0.1, -0.05) is 0 Å². The van der Waals surface area contributed by atoms with E-state index in [1.807, 2.05) is 6.92 Å². The first-order chi connectivity index (χ1) is 6.70. The molecule has 1 fully saturated rings. The molecule has 14 heavy (non-hydrogen) atoms. The Morgan fingerprint density at radius 3 is 2.36 bits per heavy atom. The summed E-state index contributed by atoms with van der Waals surface area (Å²) in [6, 6.07) is 0. The Morgan fingerprint density at radius 2 is 1.79 bits per heavy atom. The van der Waals surface area contributed by atoms with Crippen LogP contribution in [0.1, 0.15) is 13.3 Å². The van der Waals surface area contributed by atoms with E-state index in [-0.39, 0.29) is 11.8 Å². The lowest BCUT2D eigenvalue weighted by molar-refractivity contribution is -0.155. The molecule has 1 rings (SSSR count). The molecule has 2 amide bonds. The molecule has 1 aliphatic heterocycles. The minimum Gasteiger partial charge on any atom is -0.333 e. The van der Waals surface area contributed by atoms with Crippen LogP contribution in [0, 0.1) is 0 Å². The van der Waals surface area contributed by atoms with Gasteiger partial charge in [0.25, 0.3) is 0 Å². The molecule has 0 saturated carbocycles. The zero-order valence-corrected chi connectivity index (χ0v) is 8.53. The van der Waals surface area contributed by atoms with Crippen molar-refractivity contribution in [2.24, 2.45) is 5.73 Å². The number of hydrogen-bond acceptors (Lipinski definition) is 3. The van der Waals surface area contributed by atoms with E-state index < -0.39 is 0 Å². The molecule has 0 aromatic rings. The predicted octanol–water partition coefficient (Wildman–Crippen LogP) is -0.974. The van der Waals surface area contributed by atoms with Crippen molar-refractivity contribution in [3.05, 3.63) is 0 Å². The highest BCUT2D eigenvalue weighted by Crippen LogP contribution is 2.04. The van der Waals surface area contributed by atoms with E-state index in [2.05, 4.69) is 0 Å². The highest BCUT2D eigenvalue weighted by molar-refractivity contribution is 6.35. The van der Waals surface area contributed by atoms with E-state index in [0.717, 1.165) is 6.42 Å². The maximum absolute atomic E-state index is 11.5. The SMILES string of the molecule is CCN1CCN(CCCN)C(=O)C1=O. The van der Waals surface area contributed by atoms with Gasteiger partial charge in [0.2, 0.25) is 0 Å². The van der Waals surface area contributed by atoms with Crippen molar-refractivity contribution in [2.45, 2.75) is 13.3 Å². The molecule has 0 aliphatic carbocycles. The van der Waals surface area contributed by atoms with Crippen LogP contribution in [0.25, 0.3) is 0 Å². The monoisotopic (exact) mass is 199 g/mol. The lowest BCUT2D eigenvalue weighted by atomic mass is 10.2. The summed E-state index contributed by atoms with van der Waals surface area (Å²) in [6.45, 7) is 4.91. The second-order valence-electron chi connectivity index (χ2n) is 3.32. The van der Waals surface area contributed by atoms with Crippen LogP contribution in [0.3, 0.4) is 0 Å². The first-order valence-electron chi connectivity index (χ1n) is 4.99. The number of carbonyl (C=O) groups excluding carboxylic acids is 2. The highest BCUT2D eigenvalue weighted by Gasteiger charge is 2.30. The maximum atomic E-state index is 11.5. The fourth-order valence-electron chi connectivity index (χ4n) is 1.51. The van der Waals surface area contributed by atoms with Gasteiger partial charge in [0.15, 0.2) is 0 Å². The molecule has 5 nitrogen and oxygen atoms in total. The van der Waals surface area contributed by atoms with E-state index >= 15 is 0 Å². The average Bonchev–Trinajstić information content (AvgIpc) is 2.20. The fraction of sp³-hybridized carbons (Fsp3) is 0.778. The lowest BCUT2D eigenvalue weighted by Gasteiger charge is -2.32. The summed E-state index contributed by atoms with van der Waals surface area (Å²) in [4.78, 5) is 26.1. The second-order valence-corrected chi connectivity index (χ2v) is 3.32. The van der Waals surface area contributed by atoms with Gasteiger partial charge in [-0.25, -0.2) is 0 Å². The van der Waals surface area contributed by atoms with Crippen LogP contribution in [0.15, 0.2) is 0 Å². The van der Waals surface area contributed by atoms with E-state index in [4.69, 9.17) is 5.73 Å². The Labute approximate surface area is 83.8 Å². The van der Waals surface area contributed by atoms with Gasteiger partial charge in [0, 0.05) is 26.2 Å². The van der Waals surface area contributed by atoms with Crippen molar-refractivity contribution in [3.63, 3.8) is 0 Å². The van der Waals surface area contributed by atoms with Gasteiger partial charge in [-0.05, 0) is 19.9 Å². The van der Waals surface area contributed by atoms with E-state index in [9.17, 15) is 9.59 Å². The van der Waals surface area contributed by atoms with Crippen molar-refractivity contribution in [3.8, 4) is 0 Å². The van der Waals surface area contributed by atoms with Gasteiger partial charge in [-0.3, -0.25) is 9.59 Å². The summed E-state index contributed by atoms with van der Waals surface area (Å²) >= 11 is 0. The Morgan fingerprint density at radius 1 is 1.21 bits per heavy atom. The summed E-state index contributed by atoms with van der Waals surface area (Å²) in [7, 11) is 0. The van der Waals surface area contributed by atoms with Crippen molar-refractivity contribution in [2.75, 3.05) is 32.7 Å². The summed E-state index contributed by atoms with van der Waals surface area (Å²) in [6.07, 6.45) is 0.755. The molecule has 1 saturated heterocycles. The largest absolute Gasteiger partial charge is 0.333 e. The van der Waals surface area contributed by atoms with E-state index in [1.165, 1.54) is 0 Å². The molecule has 0 aromatic carbocycles. The normalized spacial score (nSPS) is 17.9. The molecule has 0 radical (unpaired) electrons. The van der Waals surface area contributed by atoms with Gasteiger partial charge >= 0.3 is 11.8 Å². The van der Waals surface area contributed by atoms with Crippen molar-refractivity contribution in [1.82, 2.24) is 9.80 Å².